The summed E-state index contributed by atoms with van der Waals surface area (Å²) in [6.45, 7) is 5.18. The van der Waals surface area contributed by atoms with Crippen LogP contribution in [0.4, 0.5) is 0 Å². The van der Waals surface area contributed by atoms with Gasteiger partial charge in [-0.25, -0.2) is 0 Å². The molecule has 8 nitrogen and oxygen atoms in total. The van der Waals surface area contributed by atoms with Crippen LogP contribution in [0.1, 0.15) is 9.67 Å². The van der Waals surface area contributed by atoms with Crippen molar-refractivity contribution >= 4 is 33.2 Å². The number of amides is 2. The number of carbonyl (C=O) groups excluding carboxylic acids is 2. The smallest absolute Gasteiger partial charge is 0.261 e. The molecule has 0 unspecified atom stereocenters. The molecule has 1 aromatic heterocycles. The number of fused-ring (bicyclic) bond motifs is 2. The van der Waals surface area contributed by atoms with Gasteiger partial charge in [0.05, 0.1) is 43.9 Å². The van der Waals surface area contributed by atoms with Crippen LogP contribution in [0.3, 0.4) is 0 Å². The monoisotopic (exact) mass is 445 g/mol. The zero-order valence-corrected chi connectivity index (χ0v) is 18.1. The van der Waals surface area contributed by atoms with Crippen molar-refractivity contribution in [1.82, 2.24) is 15.1 Å². The minimum absolute atomic E-state index is 0.104. The van der Waals surface area contributed by atoms with Gasteiger partial charge in [-0.05, 0) is 17.5 Å². The predicted octanol–water partition coefficient (Wildman–Crippen LogP) is 0.958. The third-order valence-corrected chi connectivity index (χ3v) is 7.15. The van der Waals surface area contributed by atoms with E-state index in [1.54, 1.807) is 0 Å². The average molecular weight is 446 g/mol. The molecule has 2 aromatic rings. The van der Waals surface area contributed by atoms with Crippen molar-refractivity contribution in [2.75, 3.05) is 59.2 Å². The number of nitrogens with one attached hydrogen (secondary N) is 1. The summed E-state index contributed by atoms with van der Waals surface area (Å²) >= 11 is 1.48. The van der Waals surface area contributed by atoms with Crippen LogP contribution in [-0.2, 0) is 19.0 Å². The highest BCUT2D eigenvalue weighted by Crippen LogP contribution is 2.26. The first-order valence-electron chi connectivity index (χ1n) is 10.8. The fraction of sp³-hybridized carbons (Fsp3) is 0.545. The summed E-state index contributed by atoms with van der Waals surface area (Å²) in [4.78, 5) is 30.0. The van der Waals surface area contributed by atoms with Gasteiger partial charge in [0.15, 0.2) is 0 Å². The average Bonchev–Trinajstić information content (AvgIpc) is 3.36. The predicted molar refractivity (Wildman–Crippen MR) is 116 cm³/mol. The van der Waals surface area contributed by atoms with E-state index in [-0.39, 0.29) is 30.1 Å². The first-order valence-corrected chi connectivity index (χ1v) is 11.6. The topological polar surface area (TPSA) is 80.3 Å². The summed E-state index contributed by atoms with van der Waals surface area (Å²) in [5.41, 5.74) is 0. The number of carbonyl (C=O) groups is 2. The molecular weight excluding hydrogens is 418 g/mol. The lowest BCUT2D eigenvalue weighted by molar-refractivity contribution is -0.133. The summed E-state index contributed by atoms with van der Waals surface area (Å²) in [6.07, 6.45) is -0.306. The minimum atomic E-state index is -0.208. The maximum Gasteiger partial charge on any atom is 0.261 e. The van der Waals surface area contributed by atoms with Gasteiger partial charge in [0, 0.05) is 30.9 Å². The molecule has 0 spiro atoms. The number of ether oxygens (including phenoxy) is 3. The van der Waals surface area contributed by atoms with E-state index in [1.807, 2.05) is 35.2 Å². The molecule has 5 rings (SSSR count). The summed E-state index contributed by atoms with van der Waals surface area (Å²) in [7, 11) is 0. The summed E-state index contributed by atoms with van der Waals surface area (Å²) < 4.78 is 18.5. The van der Waals surface area contributed by atoms with E-state index in [0.717, 1.165) is 23.2 Å². The second-order valence-corrected chi connectivity index (χ2v) is 9.33. The number of thiophene rings is 1. The van der Waals surface area contributed by atoms with Gasteiger partial charge in [0.2, 0.25) is 5.91 Å². The van der Waals surface area contributed by atoms with Gasteiger partial charge in [0.25, 0.3) is 5.91 Å². The summed E-state index contributed by atoms with van der Waals surface area (Å²) in [5, 5.41) is 4.11. The van der Waals surface area contributed by atoms with Crippen LogP contribution in [0.25, 0.3) is 10.1 Å². The van der Waals surface area contributed by atoms with Gasteiger partial charge in [-0.3, -0.25) is 14.5 Å². The SMILES string of the molecule is O=C(NC1CO[C@H]2CN(C(=O)CN3CCOCC3)C[C@@H]2OC1)c1cc2ccccc2s1. The van der Waals surface area contributed by atoms with Crippen LogP contribution in [-0.4, -0.2) is 99.0 Å². The van der Waals surface area contributed by atoms with Crippen LogP contribution in [0.2, 0.25) is 0 Å². The van der Waals surface area contributed by atoms with E-state index in [1.165, 1.54) is 11.3 Å². The van der Waals surface area contributed by atoms with E-state index in [9.17, 15) is 9.59 Å². The van der Waals surface area contributed by atoms with Crippen LogP contribution in [0.15, 0.2) is 30.3 Å². The first kappa shape index (κ1) is 20.8. The summed E-state index contributed by atoms with van der Waals surface area (Å²) in [5.74, 6) is 0.00422. The number of hydrogen-bond acceptors (Lipinski definition) is 7. The number of benzene rings is 1. The van der Waals surface area contributed by atoms with Crippen molar-refractivity contribution in [3.8, 4) is 0 Å². The lowest BCUT2D eigenvalue weighted by Crippen LogP contribution is -2.45. The van der Waals surface area contributed by atoms with Gasteiger partial charge < -0.3 is 24.4 Å². The van der Waals surface area contributed by atoms with Crippen molar-refractivity contribution in [3.63, 3.8) is 0 Å². The molecule has 0 radical (unpaired) electrons. The fourth-order valence-corrected chi connectivity index (χ4v) is 5.25. The molecule has 1 aromatic carbocycles. The Balaban J connectivity index is 1.12. The molecule has 0 saturated carbocycles. The Morgan fingerprint density at radius 3 is 2.48 bits per heavy atom. The van der Waals surface area contributed by atoms with Gasteiger partial charge in [-0.2, -0.15) is 0 Å². The second-order valence-electron chi connectivity index (χ2n) is 8.25. The van der Waals surface area contributed by atoms with Gasteiger partial charge >= 0.3 is 0 Å². The molecular formula is C22H27N3O5S. The number of rotatable bonds is 4. The highest BCUT2D eigenvalue weighted by Gasteiger charge is 2.39. The molecule has 0 aliphatic carbocycles. The van der Waals surface area contributed by atoms with Crippen LogP contribution < -0.4 is 5.32 Å². The number of hydrogen-bond donors (Lipinski definition) is 1. The molecule has 0 bridgehead atoms. The van der Waals surface area contributed by atoms with Crippen LogP contribution >= 0.6 is 11.3 Å². The third-order valence-electron chi connectivity index (χ3n) is 6.04. The maximum atomic E-state index is 12.7. The molecule has 3 saturated heterocycles. The Kier molecular flexibility index (Phi) is 6.20. The van der Waals surface area contributed by atoms with Crippen molar-refractivity contribution in [2.24, 2.45) is 0 Å². The molecule has 2 atom stereocenters. The van der Waals surface area contributed by atoms with Crippen LogP contribution in [0.5, 0.6) is 0 Å². The molecule has 9 heteroatoms. The Morgan fingerprint density at radius 1 is 1.06 bits per heavy atom. The Bertz CT molecular complexity index is 895. The van der Waals surface area contributed by atoms with Gasteiger partial charge in [-0.1, -0.05) is 18.2 Å². The number of morpholine rings is 1. The summed E-state index contributed by atoms with van der Waals surface area (Å²) in [6, 6.07) is 9.68. The minimum Gasteiger partial charge on any atom is -0.379 e. The normalized spacial score (nSPS) is 25.4. The van der Waals surface area contributed by atoms with Gasteiger partial charge in [0.1, 0.15) is 12.2 Å². The molecule has 3 fully saturated rings. The van der Waals surface area contributed by atoms with Crippen molar-refractivity contribution in [2.45, 2.75) is 18.2 Å². The standard InChI is InChI=1S/C22H27N3O5S/c26-21(12-24-5-7-28-8-6-24)25-10-17-18(11-25)30-14-16(13-29-17)23-22(27)20-9-15-3-1-2-4-19(15)31-20/h1-4,9,16-18H,5-8,10-14H2,(H,23,27)/t17-,18-/m0/s1. The fourth-order valence-electron chi connectivity index (χ4n) is 4.28. The van der Waals surface area contributed by atoms with Gasteiger partial charge in [-0.15, -0.1) is 11.3 Å². The molecule has 31 heavy (non-hydrogen) atoms. The van der Waals surface area contributed by atoms with E-state index in [4.69, 9.17) is 14.2 Å². The number of likely N-dealkylation sites (tertiary alicyclic amines) is 1. The second kappa shape index (κ2) is 9.22. The third kappa shape index (κ3) is 4.75. The molecule has 4 heterocycles. The largest absolute Gasteiger partial charge is 0.379 e. The Hall–Kier alpha value is -2.04. The lowest BCUT2D eigenvalue weighted by Gasteiger charge is -2.28. The zero-order chi connectivity index (χ0) is 21.2. The van der Waals surface area contributed by atoms with E-state index < -0.39 is 0 Å². The zero-order valence-electron chi connectivity index (χ0n) is 17.3. The Morgan fingerprint density at radius 2 is 1.77 bits per heavy atom. The van der Waals surface area contributed by atoms with E-state index in [2.05, 4.69) is 10.2 Å². The molecule has 1 N–H and O–H groups in total. The van der Waals surface area contributed by atoms with Crippen molar-refractivity contribution < 1.29 is 23.8 Å². The van der Waals surface area contributed by atoms with Crippen LogP contribution in [0, 0.1) is 0 Å². The quantitative estimate of drug-likeness (QED) is 0.755. The molecule has 2 amide bonds. The van der Waals surface area contributed by atoms with Crippen molar-refractivity contribution in [1.29, 1.82) is 0 Å². The van der Waals surface area contributed by atoms with Crippen molar-refractivity contribution in [3.05, 3.63) is 35.2 Å². The first-order chi connectivity index (χ1) is 15.2. The molecule has 166 valence electrons. The number of nitrogens with zero attached hydrogens (tertiary/aromatic N) is 2. The van der Waals surface area contributed by atoms with E-state index in [0.29, 0.717) is 50.9 Å². The van der Waals surface area contributed by atoms with E-state index >= 15 is 0 Å². The Labute approximate surface area is 185 Å². The highest BCUT2D eigenvalue weighted by molar-refractivity contribution is 7.20. The molecule has 3 aliphatic heterocycles. The molecule has 3 aliphatic rings. The lowest BCUT2D eigenvalue weighted by atomic mass is 10.2. The maximum absolute atomic E-state index is 12.7. The highest BCUT2D eigenvalue weighted by atomic mass is 32.1.